The normalized spacial score (nSPS) is 13.6. The molecule has 1 heterocycles. The Morgan fingerprint density at radius 2 is 1.81 bits per heavy atom. The summed E-state index contributed by atoms with van der Waals surface area (Å²) in [5.41, 5.74) is 6.70. The van der Waals surface area contributed by atoms with Crippen LogP contribution in [0.1, 0.15) is 27.6 Å². The van der Waals surface area contributed by atoms with E-state index >= 15 is 0 Å². The van der Waals surface area contributed by atoms with Gasteiger partial charge in [-0.2, -0.15) is 0 Å². The van der Waals surface area contributed by atoms with E-state index in [0.29, 0.717) is 37.4 Å². The van der Waals surface area contributed by atoms with Gasteiger partial charge in [-0.3, -0.25) is 9.59 Å². The number of carbonyl (C=O) groups excluding carboxylic acids is 3. The molecule has 1 aliphatic heterocycles. The lowest BCUT2D eigenvalue weighted by atomic mass is 10.1. The van der Waals surface area contributed by atoms with Crippen LogP contribution >= 0.6 is 11.6 Å². The number of Topliss-reactive ketones (excluding diaryl/α,β-unsaturated/α-hetero) is 1. The van der Waals surface area contributed by atoms with Crippen molar-refractivity contribution >= 4 is 40.6 Å². The standard InChI is InChI=1S/C22H23ClFN3O5/c1-13(28)14-3-4-19(17(24)9-14)26-5-7-27(8-6-26)21(29)12-32-22(30)15-10-16(23)18(25)11-20(15)31-2/h3-4,9-11H,5-8,12,25H2,1-2H3. The van der Waals surface area contributed by atoms with Crippen LogP contribution in [0.3, 0.4) is 0 Å². The van der Waals surface area contributed by atoms with Crippen LogP contribution in [0.5, 0.6) is 5.75 Å². The second-order valence-electron chi connectivity index (χ2n) is 7.24. The Morgan fingerprint density at radius 3 is 2.41 bits per heavy atom. The van der Waals surface area contributed by atoms with Crippen LogP contribution in [0.4, 0.5) is 15.8 Å². The zero-order valence-corrected chi connectivity index (χ0v) is 18.4. The molecule has 10 heteroatoms. The number of methoxy groups -OCH3 is 1. The third-order valence-corrected chi connectivity index (χ3v) is 5.52. The molecule has 0 bridgehead atoms. The van der Waals surface area contributed by atoms with Gasteiger partial charge >= 0.3 is 5.97 Å². The monoisotopic (exact) mass is 463 g/mol. The summed E-state index contributed by atoms with van der Waals surface area (Å²) in [4.78, 5) is 39.6. The summed E-state index contributed by atoms with van der Waals surface area (Å²) in [5.74, 6) is -1.63. The quantitative estimate of drug-likeness (QED) is 0.399. The molecule has 0 radical (unpaired) electrons. The summed E-state index contributed by atoms with van der Waals surface area (Å²) >= 11 is 5.96. The summed E-state index contributed by atoms with van der Waals surface area (Å²) < 4.78 is 24.6. The summed E-state index contributed by atoms with van der Waals surface area (Å²) in [7, 11) is 1.38. The number of benzene rings is 2. The number of amides is 1. The maximum atomic E-state index is 14.4. The molecular formula is C22H23ClFN3O5. The number of nitrogens with two attached hydrogens (primary N) is 1. The number of nitrogen functional groups attached to an aromatic ring is 1. The van der Waals surface area contributed by atoms with Gasteiger partial charge in [-0.15, -0.1) is 0 Å². The highest BCUT2D eigenvalue weighted by atomic mass is 35.5. The van der Waals surface area contributed by atoms with Crippen molar-refractivity contribution in [3.8, 4) is 5.75 Å². The SMILES string of the molecule is COc1cc(N)c(Cl)cc1C(=O)OCC(=O)N1CCN(c2ccc(C(C)=O)cc2F)CC1. The van der Waals surface area contributed by atoms with Gasteiger partial charge in [0.2, 0.25) is 0 Å². The largest absolute Gasteiger partial charge is 0.496 e. The summed E-state index contributed by atoms with van der Waals surface area (Å²) in [6.07, 6.45) is 0. The number of anilines is 2. The molecule has 0 spiro atoms. The van der Waals surface area contributed by atoms with Crippen molar-refractivity contribution in [1.82, 2.24) is 4.90 Å². The van der Waals surface area contributed by atoms with Crippen LogP contribution in [0.2, 0.25) is 5.02 Å². The smallest absolute Gasteiger partial charge is 0.342 e. The summed E-state index contributed by atoms with van der Waals surface area (Å²) in [5, 5.41) is 0.170. The number of halogens is 2. The third-order valence-electron chi connectivity index (χ3n) is 5.19. The van der Waals surface area contributed by atoms with E-state index in [-0.39, 0.29) is 33.7 Å². The van der Waals surface area contributed by atoms with Crippen molar-refractivity contribution in [1.29, 1.82) is 0 Å². The lowest BCUT2D eigenvalue weighted by Crippen LogP contribution is -2.50. The Kier molecular flexibility index (Phi) is 7.19. The first-order chi connectivity index (χ1) is 15.2. The lowest BCUT2D eigenvalue weighted by Gasteiger charge is -2.36. The molecule has 0 aliphatic carbocycles. The fourth-order valence-electron chi connectivity index (χ4n) is 3.37. The number of ether oxygens (including phenoxy) is 2. The minimum absolute atomic E-state index is 0.0637. The first kappa shape index (κ1) is 23.3. The van der Waals surface area contributed by atoms with Crippen molar-refractivity contribution in [2.45, 2.75) is 6.92 Å². The topological polar surface area (TPSA) is 102 Å². The zero-order valence-electron chi connectivity index (χ0n) is 17.7. The molecule has 2 N–H and O–H groups in total. The van der Waals surface area contributed by atoms with E-state index in [1.54, 1.807) is 21.9 Å². The minimum Gasteiger partial charge on any atom is -0.496 e. The summed E-state index contributed by atoms with van der Waals surface area (Å²) in [6.45, 7) is 2.40. The zero-order chi connectivity index (χ0) is 23.4. The van der Waals surface area contributed by atoms with E-state index in [9.17, 15) is 18.8 Å². The molecule has 32 heavy (non-hydrogen) atoms. The molecule has 170 valence electrons. The fraction of sp³-hybridized carbons (Fsp3) is 0.318. The Hall–Kier alpha value is -3.33. The lowest BCUT2D eigenvalue weighted by molar-refractivity contribution is -0.134. The Morgan fingerprint density at radius 1 is 1.12 bits per heavy atom. The molecule has 8 nitrogen and oxygen atoms in total. The maximum Gasteiger partial charge on any atom is 0.342 e. The second kappa shape index (κ2) is 9.86. The van der Waals surface area contributed by atoms with Crippen LogP contribution in [-0.2, 0) is 9.53 Å². The molecule has 3 rings (SSSR count). The van der Waals surface area contributed by atoms with Gasteiger partial charge in [-0.1, -0.05) is 11.6 Å². The second-order valence-corrected chi connectivity index (χ2v) is 7.65. The van der Waals surface area contributed by atoms with Gasteiger partial charge < -0.3 is 25.0 Å². The molecule has 1 saturated heterocycles. The molecule has 1 aliphatic rings. The van der Waals surface area contributed by atoms with Crippen molar-refractivity contribution in [2.24, 2.45) is 0 Å². The number of hydrogen-bond acceptors (Lipinski definition) is 7. The van der Waals surface area contributed by atoms with Crippen LogP contribution in [-0.4, -0.2) is 62.5 Å². The van der Waals surface area contributed by atoms with E-state index < -0.39 is 18.4 Å². The summed E-state index contributed by atoms with van der Waals surface area (Å²) in [6, 6.07) is 7.09. The van der Waals surface area contributed by atoms with Crippen molar-refractivity contribution < 1.29 is 28.2 Å². The highest BCUT2D eigenvalue weighted by Gasteiger charge is 2.25. The van der Waals surface area contributed by atoms with Crippen LogP contribution in [0.25, 0.3) is 0 Å². The number of piperazine rings is 1. The molecule has 0 unspecified atom stereocenters. The highest BCUT2D eigenvalue weighted by Crippen LogP contribution is 2.29. The highest BCUT2D eigenvalue weighted by molar-refractivity contribution is 6.33. The van der Waals surface area contributed by atoms with Crippen LogP contribution in [0.15, 0.2) is 30.3 Å². The number of ketones is 1. The molecular weight excluding hydrogens is 441 g/mol. The van der Waals surface area contributed by atoms with E-state index in [2.05, 4.69) is 0 Å². The van der Waals surface area contributed by atoms with Crippen LogP contribution < -0.4 is 15.4 Å². The van der Waals surface area contributed by atoms with E-state index in [1.165, 1.54) is 32.2 Å². The number of rotatable bonds is 6. The van der Waals surface area contributed by atoms with Gasteiger partial charge in [0.25, 0.3) is 5.91 Å². The van der Waals surface area contributed by atoms with Crippen molar-refractivity contribution in [3.63, 3.8) is 0 Å². The van der Waals surface area contributed by atoms with Crippen molar-refractivity contribution in [2.75, 3.05) is 50.5 Å². The third kappa shape index (κ3) is 5.11. The molecule has 0 atom stereocenters. The average Bonchev–Trinajstić information content (AvgIpc) is 2.78. The fourth-order valence-corrected chi connectivity index (χ4v) is 3.54. The molecule has 2 aromatic rings. The van der Waals surface area contributed by atoms with E-state index in [1.807, 2.05) is 0 Å². The maximum absolute atomic E-state index is 14.4. The van der Waals surface area contributed by atoms with Gasteiger partial charge in [-0.05, 0) is 31.2 Å². The first-order valence-corrected chi connectivity index (χ1v) is 10.2. The van der Waals surface area contributed by atoms with E-state index in [0.717, 1.165) is 0 Å². The predicted octanol–water partition coefficient (Wildman–Crippen LogP) is 2.78. The number of carbonyl (C=O) groups is 3. The van der Waals surface area contributed by atoms with Gasteiger partial charge in [0.1, 0.15) is 17.1 Å². The average molecular weight is 464 g/mol. The predicted molar refractivity (Wildman–Crippen MR) is 118 cm³/mol. The molecule has 0 aromatic heterocycles. The van der Waals surface area contributed by atoms with E-state index in [4.69, 9.17) is 26.8 Å². The van der Waals surface area contributed by atoms with Crippen LogP contribution in [0, 0.1) is 5.82 Å². The first-order valence-electron chi connectivity index (χ1n) is 9.84. The molecule has 1 fully saturated rings. The minimum atomic E-state index is -0.761. The number of hydrogen-bond donors (Lipinski definition) is 1. The van der Waals surface area contributed by atoms with Gasteiger partial charge in [0.15, 0.2) is 12.4 Å². The number of esters is 1. The molecule has 0 saturated carbocycles. The Labute approximate surface area is 189 Å². The molecule has 1 amide bonds. The number of nitrogens with zero attached hydrogens (tertiary/aromatic N) is 2. The van der Waals surface area contributed by atoms with Gasteiger partial charge in [-0.25, -0.2) is 9.18 Å². The van der Waals surface area contributed by atoms with Crippen molar-refractivity contribution in [3.05, 3.63) is 52.3 Å². The molecule has 2 aromatic carbocycles. The van der Waals surface area contributed by atoms with Gasteiger partial charge in [0.05, 0.1) is 23.5 Å². The Balaban J connectivity index is 1.56. The Bertz CT molecular complexity index is 1050. The van der Waals surface area contributed by atoms with Gasteiger partial charge in [0, 0.05) is 37.8 Å².